The molecule has 26 heavy (non-hydrogen) atoms. The molecule has 1 amide bonds. The highest BCUT2D eigenvalue weighted by Gasteiger charge is 2.19. The van der Waals surface area contributed by atoms with Crippen molar-refractivity contribution in [3.05, 3.63) is 35.9 Å². The van der Waals surface area contributed by atoms with Crippen molar-refractivity contribution in [2.45, 2.75) is 49.4 Å². The van der Waals surface area contributed by atoms with Gasteiger partial charge in [-0.05, 0) is 51.2 Å². The minimum absolute atomic E-state index is 0.0581. The van der Waals surface area contributed by atoms with Crippen molar-refractivity contribution in [1.29, 1.82) is 0 Å². The molecule has 0 spiro atoms. The monoisotopic (exact) mass is 386 g/mol. The van der Waals surface area contributed by atoms with E-state index in [1.54, 1.807) is 11.3 Å². The maximum atomic E-state index is 12.4. The van der Waals surface area contributed by atoms with E-state index in [0.717, 1.165) is 22.1 Å². The zero-order valence-electron chi connectivity index (χ0n) is 14.8. The zero-order chi connectivity index (χ0) is 17.9. The first kappa shape index (κ1) is 17.5. The van der Waals surface area contributed by atoms with E-state index in [4.69, 9.17) is 0 Å². The molecule has 7 heteroatoms. The Bertz CT molecular complexity index is 959. The third-order valence-electron chi connectivity index (χ3n) is 4.69. The fourth-order valence-corrected chi connectivity index (χ4v) is 5.17. The number of rotatable bonds is 6. The number of thioether (sulfide) groups is 1. The highest BCUT2D eigenvalue weighted by molar-refractivity contribution is 8.00. The number of thiazole rings is 1. The zero-order valence-corrected chi connectivity index (χ0v) is 16.4. The van der Waals surface area contributed by atoms with Gasteiger partial charge in [0.2, 0.25) is 10.9 Å². The second-order valence-corrected chi connectivity index (χ2v) is 8.90. The van der Waals surface area contributed by atoms with Crippen LogP contribution in [0.3, 0.4) is 0 Å². The molecule has 136 valence electrons. The van der Waals surface area contributed by atoms with Crippen LogP contribution in [0.2, 0.25) is 0 Å². The Morgan fingerprint density at radius 3 is 3.08 bits per heavy atom. The van der Waals surface area contributed by atoms with E-state index in [1.807, 2.05) is 23.5 Å². The number of carbonyl (C=O) groups excluding carboxylic acids is 1. The number of fused-ring (bicyclic) bond motifs is 3. The van der Waals surface area contributed by atoms with E-state index >= 15 is 0 Å². The number of hydrogen-bond acceptors (Lipinski definition) is 5. The van der Waals surface area contributed by atoms with Gasteiger partial charge >= 0.3 is 0 Å². The molecule has 0 saturated heterocycles. The summed E-state index contributed by atoms with van der Waals surface area (Å²) in [6.45, 7) is 2.64. The molecule has 0 radical (unpaired) electrons. The SMILES string of the molecule is CC(Sc1nnc2sc3ccccc3n12)C(=O)NCCC1=CCCCC1. The van der Waals surface area contributed by atoms with E-state index in [2.05, 4.69) is 33.7 Å². The first-order valence-electron chi connectivity index (χ1n) is 9.07. The lowest BCUT2D eigenvalue weighted by Crippen LogP contribution is -2.32. The van der Waals surface area contributed by atoms with Crippen molar-refractivity contribution < 1.29 is 4.79 Å². The van der Waals surface area contributed by atoms with Crippen molar-refractivity contribution in [3.8, 4) is 0 Å². The van der Waals surface area contributed by atoms with Crippen LogP contribution in [0.1, 0.15) is 39.0 Å². The number of nitrogens with zero attached hydrogens (tertiary/aromatic N) is 3. The normalized spacial score (nSPS) is 16.0. The highest BCUT2D eigenvalue weighted by atomic mass is 32.2. The van der Waals surface area contributed by atoms with Gasteiger partial charge in [-0.2, -0.15) is 0 Å². The van der Waals surface area contributed by atoms with E-state index < -0.39 is 0 Å². The summed E-state index contributed by atoms with van der Waals surface area (Å²) in [4.78, 5) is 13.3. The fraction of sp³-hybridized carbons (Fsp3) is 0.421. The van der Waals surface area contributed by atoms with Crippen molar-refractivity contribution in [3.63, 3.8) is 0 Å². The summed E-state index contributed by atoms with van der Waals surface area (Å²) in [5.41, 5.74) is 2.58. The molecule has 1 N–H and O–H groups in total. The minimum atomic E-state index is -0.207. The van der Waals surface area contributed by atoms with Crippen LogP contribution in [0.4, 0.5) is 0 Å². The fourth-order valence-electron chi connectivity index (χ4n) is 3.27. The van der Waals surface area contributed by atoms with Crippen molar-refractivity contribution >= 4 is 44.2 Å². The molecule has 2 aromatic heterocycles. The lowest BCUT2D eigenvalue weighted by Gasteiger charge is -2.14. The summed E-state index contributed by atoms with van der Waals surface area (Å²) in [6.07, 6.45) is 8.25. The predicted molar refractivity (Wildman–Crippen MR) is 108 cm³/mol. The van der Waals surface area contributed by atoms with Gasteiger partial charge in [-0.25, -0.2) is 0 Å². The summed E-state index contributed by atoms with van der Waals surface area (Å²) >= 11 is 3.08. The van der Waals surface area contributed by atoms with Crippen LogP contribution >= 0.6 is 23.1 Å². The summed E-state index contributed by atoms with van der Waals surface area (Å²) in [6, 6.07) is 8.18. The first-order valence-corrected chi connectivity index (χ1v) is 10.8. The van der Waals surface area contributed by atoms with Gasteiger partial charge in [-0.1, -0.05) is 46.9 Å². The van der Waals surface area contributed by atoms with Crippen LogP contribution in [0.25, 0.3) is 15.2 Å². The first-order chi connectivity index (χ1) is 12.7. The van der Waals surface area contributed by atoms with Gasteiger partial charge in [0.1, 0.15) is 0 Å². The Morgan fingerprint density at radius 2 is 2.23 bits per heavy atom. The van der Waals surface area contributed by atoms with Crippen LogP contribution in [0.15, 0.2) is 41.1 Å². The number of hydrogen-bond donors (Lipinski definition) is 1. The number of benzene rings is 1. The lowest BCUT2D eigenvalue weighted by molar-refractivity contribution is -0.120. The van der Waals surface area contributed by atoms with Crippen molar-refractivity contribution in [1.82, 2.24) is 19.9 Å². The quantitative estimate of drug-likeness (QED) is 0.503. The molecule has 0 fully saturated rings. The molecule has 0 bridgehead atoms. The molecular weight excluding hydrogens is 364 g/mol. The maximum absolute atomic E-state index is 12.4. The molecule has 1 unspecified atom stereocenters. The number of amides is 1. The summed E-state index contributed by atoms with van der Waals surface area (Å²) in [7, 11) is 0. The molecule has 3 aromatic rings. The molecule has 1 aromatic carbocycles. The smallest absolute Gasteiger partial charge is 0.233 e. The van der Waals surface area contributed by atoms with Crippen molar-refractivity contribution in [2.24, 2.45) is 0 Å². The second-order valence-electron chi connectivity index (χ2n) is 6.58. The third kappa shape index (κ3) is 3.64. The molecule has 0 aliphatic heterocycles. The van der Waals surface area contributed by atoms with Crippen LogP contribution in [0, 0.1) is 0 Å². The molecule has 5 nitrogen and oxygen atoms in total. The van der Waals surface area contributed by atoms with Crippen LogP contribution in [0.5, 0.6) is 0 Å². The Labute approximate surface area is 160 Å². The van der Waals surface area contributed by atoms with Crippen LogP contribution < -0.4 is 5.32 Å². The lowest BCUT2D eigenvalue weighted by atomic mass is 9.97. The minimum Gasteiger partial charge on any atom is -0.355 e. The number of allylic oxidation sites excluding steroid dienone is 1. The highest BCUT2D eigenvalue weighted by Crippen LogP contribution is 2.31. The van der Waals surface area contributed by atoms with Gasteiger partial charge < -0.3 is 5.32 Å². The topological polar surface area (TPSA) is 59.3 Å². The molecule has 1 aliphatic rings. The maximum Gasteiger partial charge on any atom is 0.233 e. The summed E-state index contributed by atoms with van der Waals surface area (Å²) in [5.74, 6) is 0.0581. The van der Waals surface area contributed by atoms with E-state index in [1.165, 1.54) is 47.7 Å². The molecule has 4 rings (SSSR count). The molecule has 0 saturated carbocycles. The molecule has 2 heterocycles. The van der Waals surface area contributed by atoms with E-state index in [9.17, 15) is 4.79 Å². The number of carbonyl (C=O) groups is 1. The largest absolute Gasteiger partial charge is 0.355 e. The number of para-hydroxylation sites is 1. The van der Waals surface area contributed by atoms with Gasteiger partial charge in [0.15, 0.2) is 5.16 Å². The van der Waals surface area contributed by atoms with Gasteiger partial charge in [0, 0.05) is 6.54 Å². The van der Waals surface area contributed by atoms with Crippen LogP contribution in [-0.4, -0.2) is 32.3 Å². The van der Waals surface area contributed by atoms with Gasteiger partial charge in [-0.3, -0.25) is 9.20 Å². The van der Waals surface area contributed by atoms with Crippen molar-refractivity contribution in [2.75, 3.05) is 6.54 Å². The summed E-state index contributed by atoms with van der Waals surface area (Å²) < 4.78 is 3.22. The van der Waals surface area contributed by atoms with E-state index in [-0.39, 0.29) is 11.2 Å². The Morgan fingerprint density at radius 1 is 1.35 bits per heavy atom. The average molecular weight is 387 g/mol. The predicted octanol–water partition coefficient (Wildman–Crippen LogP) is 4.43. The Hall–Kier alpha value is -1.86. The third-order valence-corrected chi connectivity index (χ3v) is 6.75. The molecule has 1 aliphatic carbocycles. The van der Waals surface area contributed by atoms with Gasteiger partial charge in [0.25, 0.3) is 0 Å². The van der Waals surface area contributed by atoms with E-state index in [0.29, 0.717) is 6.54 Å². The van der Waals surface area contributed by atoms with Crippen LogP contribution in [-0.2, 0) is 4.79 Å². The second kappa shape index (κ2) is 7.80. The number of aromatic nitrogens is 3. The van der Waals surface area contributed by atoms with Gasteiger partial charge in [-0.15, -0.1) is 10.2 Å². The standard InChI is InChI=1S/C19H22N4OS2/c1-13(17(24)20-12-11-14-7-3-2-4-8-14)25-18-21-22-19-23(18)15-9-5-6-10-16(15)26-19/h5-7,9-10,13H,2-4,8,11-12H2,1H3,(H,20,24). The molecule has 1 atom stereocenters. The average Bonchev–Trinajstić information content (AvgIpc) is 3.22. The number of nitrogens with one attached hydrogen (secondary N) is 1. The Balaban J connectivity index is 1.39. The summed E-state index contributed by atoms with van der Waals surface area (Å²) in [5, 5.41) is 12.2. The molecular formula is C19H22N4OS2. The van der Waals surface area contributed by atoms with Gasteiger partial charge in [0.05, 0.1) is 15.5 Å². The Kier molecular flexibility index (Phi) is 5.26.